The smallest absolute Gasteiger partial charge is 0.255 e. The molecule has 0 aliphatic heterocycles. The zero-order valence-corrected chi connectivity index (χ0v) is 14.3. The molecule has 0 aromatic heterocycles. The zero-order valence-electron chi connectivity index (χ0n) is 12.7. The van der Waals surface area contributed by atoms with Crippen molar-refractivity contribution < 1.29 is 14.6 Å². The lowest BCUT2D eigenvalue weighted by atomic mass is 10.0. The van der Waals surface area contributed by atoms with Crippen molar-refractivity contribution in [3.05, 3.63) is 52.0 Å². The van der Waals surface area contributed by atoms with Gasteiger partial charge in [0.2, 0.25) is 0 Å². The van der Waals surface area contributed by atoms with Crippen molar-refractivity contribution in [3.8, 4) is 11.5 Å². The highest BCUT2D eigenvalue weighted by molar-refractivity contribution is 9.10. The molecule has 0 aliphatic carbocycles. The molecule has 2 aromatic rings. The molecular formula is C17H18BrNO3. The van der Waals surface area contributed by atoms with Crippen LogP contribution in [0.2, 0.25) is 0 Å². The third-order valence-electron chi connectivity index (χ3n) is 3.32. The van der Waals surface area contributed by atoms with Gasteiger partial charge in [-0.2, -0.15) is 0 Å². The number of carbonyl (C=O) groups excluding carboxylic acids is 1. The van der Waals surface area contributed by atoms with E-state index in [2.05, 4.69) is 35.1 Å². The van der Waals surface area contributed by atoms with E-state index >= 15 is 0 Å². The van der Waals surface area contributed by atoms with E-state index in [1.807, 2.05) is 24.3 Å². The number of rotatable bonds is 4. The monoisotopic (exact) mass is 363 g/mol. The number of carbonyl (C=O) groups is 1. The fourth-order valence-electron chi connectivity index (χ4n) is 2.04. The summed E-state index contributed by atoms with van der Waals surface area (Å²) in [6.45, 7) is 4.20. The molecule has 0 spiro atoms. The third-order valence-corrected chi connectivity index (χ3v) is 3.93. The van der Waals surface area contributed by atoms with Crippen molar-refractivity contribution in [2.45, 2.75) is 19.8 Å². The Kier molecular flexibility index (Phi) is 5.08. The average molecular weight is 364 g/mol. The number of hydrogen-bond acceptors (Lipinski definition) is 3. The Bertz CT molecular complexity index is 698. The predicted octanol–water partition coefficient (Wildman–Crippen LogP) is 4.54. The van der Waals surface area contributed by atoms with E-state index in [1.165, 1.54) is 13.2 Å². The first-order valence-electron chi connectivity index (χ1n) is 6.90. The predicted molar refractivity (Wildman–Crippen MR) is 90.8 cm³/mol. The van der Waals surface area contributed by atoms with Crippen molar-refractivity contribution >= 4 is 27.5 Å². The van der Waals surface area contributed by atoms with Gasteiger partial charge in [0.1, 0.15) is 0 Å². The van der Waals surface area contributed by atoms with E-state index in [0.29, 0.717) is 16.0 Å². The summed E-state index contributed by atoms with van der Waals surface area (Å²) in [7, 11) is 1.44. The second kappa shape index (κ2) is 6.83. The quantitative estimate of drug-likeness (QED) is 0.838. The number of aromatic hydroxyl groups is 1. The van der Waals surface area contributed by atoms with Crippen LogP contribution in [0.4, 0.5) is 5.69 Å². The van der Waals surface area contributed by atoms with Gasteiger partial charge < -0.3 is 15.2 Å². The molecule has 22 heavy (non-hydrogen) atoms. The largest absolute Gasteiger partial charge is 0.503 e. The second-order valence-electron chi connectivity index (χ2n) is 5.24. The van der Waals surface area contributed by atoms with Crippen LogP contribution < -0.4 is 10.1 Å². The van der Waals surface area contributed by atoms with Crippen molar-refractivity contribution in [2.75, 3.05) is 12.4 Å². The Hall–Kier alpha value is -2.01. The summed E-state index contributed by atoms with van der Waals surface area (Å²) in [6.07, 6.45) is 0. The van der Waals surface area contributed by atoms with Crippen LogP contribution in [0.15, 0.2) is 40.9 Å². The van der Waals surface area contributed by atoms with Gasteiger partial charge in [-0.15, -0.1) is 0 Å². The zero-order chi connectivity index (χ0) is 16.3. The lowest BCUT2D eigenvalue weighted by Crippen LogP contribution is -2.12. The van der Waals surface area contributed by atoms with Crippen molar-refractivity contribution in [3.63, 3.8) is 0 Å². The van der Waals surface area contributed by atoms with Crippen LogP contribution in [0.5, 0.6) is 11.5 Å². The summed E-state index contributed by atoms with van der Waals surface area (Å²) in [5, 5.41) is 12.6. The van der Waals surface area contributed by atoms with Gasteiger partial charge in [-0.1, -0.05) is 26.0 Å². The minimum Gasteiger partial charge on any atom is -0.503 e. The number of ether oxygens (including phenoxy) is 1. The molecule has 0 saturated carbocycles. The van der Waals surface area contributed by atoms with Gasteiger partial charge in [0.25, 0.3) is 5.91 Å². The van der Waals surface area contributed by atoms with Gasteiger partial charge in [-0.05, 0) is 51.7 Å². The number of methoxy groups -OCH3 is 1. The summed E-state index contributed by atoms with van der Waals surface area (Å²) < 4.78 is 5.47. The molecule has 2 rings (SSSR count). The summed E-state index contributed by atoms with van der Waals surface area (Å²) in [5.41, 5.74) is 2.29. The Morgan fingerprint density at radius 3 is 2.64 bits per heavy atom. The molecule has 0 bridgehead atoms. The maximum Gasteiger partial charge on any atom is 0.255 e. The van der Waals surface area contributed by atoms with Crippen LogP contribution in [0.1, 0.15) is 35.7 Å². The van der Waals surface area contributed by atoms with E-state index in [4.69, 9.17) is 4.74 Å². The van der Waals surface area contributed by atoms with Crippen molar-refractivity contribution in [1.29, 1.82) is 0 Å². The maximum absolute atomic E-state index is 12.4. The van der Waals surface area contributed by atoms with Crippen LogP contribution in [-0.2, 0) is 0 Å². The van der Waals surface area contributed by atoms with Crippen molar-refractivity contribution in [1.82, 2.24) is 0 Å². The van der Waals surface area contributed by atoms with Gasteiger partial charge in [0.05, 0.1) is 11.6 Å². The SMILES string of the molecule is COc1cc(C(=O)Nc2cccc(C(C)C)c2)cc(Br)c1O. The van der Waals surface area contributed by atoms with E-state index in [0.717, 1.165) is 11.3 Å². The topological polar surface area (TPSA) is 58.6 Å². The van der Waals surface area contributed by atoms with Crippen LogP contribution in [0, 0.1) is 0 Å². The Morgan fingerprint density at radius 2 is 2.00 bits per heavy atom. The molecule has 0 saturated heterocycles. The number of halogens is 1. The summed E-state index contributed by atoms with van der Waals surface area (Å²) in [5.74, 6) is 0.344. The van der Waals surface area contributed by atoms with Crippen LogP contribution in [0.25, 0.3) is 0 Å². The normalized spacial score (nSPS) is 10.6. The molecule has 0 heterocycles. The minimum absolute atomic E-state index is 0.0270. The summed E-state index contributed by atoms with van der Waals surface area (Å²) >= 11 is 3.21. The van der Waals surface area contributed by atoms with E-state index in [9.17, 15) is 9.90 Å². The number of hydrogen-bond donors (Lipinski definition) is 2. The van der Waals surface area contributed by atoms with Gasteiger partial charge in [-0.25, -0.2) is 0 Å². The fourth-order valence-corrected chi connectivity index (χ4v) is 2.48. The third kappa shape index (κ3) is 3.60. The lowest BCUT2D eigenvalue weighted by molar-refractivity contribution is 0.102. The van der Waals surface area contributed by atoms with Crippen LogP contribution >= 0.6 is 15.9 Å². The standard InChI is InChI=1S/C17H18BrNO3/c1-10(2)11-5-4-6-13(7-11)19-17(21)12-8-14(18)16(20)15(9-12)22-3/h4-10,20H,1-3H3,(H,19,21). The Balaban J connectivity index is 2.26. The number of nitrogens with one attached hydrogen (secondary N) is 1. The fraction of sp³-hybridized carbons (Fsp3) is 0.235. The second-order valence-corrected chi connectivity index (χ2v) is 6.10. The summed E-state index contributed by atoms with van der Waals surface area (Å²) in [4.78, 5) is 12.4. The molecule has 0 fully saturated rings. The molecule has 0 aliphatic rings. The number of phenolic OH excluding ortho intramolecular Hbond substituents is 1. The highest BCUT2D eigenvalue weighted by atomic mass is 79.9. The number of phenols is 1. The first-order chi connectivity index (χ1) is 10.4. The molecule has 4 nitrogen and oxygen atoms in total. The van der Waals surface area contributed by atoms with Gasteiger partial charge in [0, 0.05) is 11.3 Å². The molecule has 1 amide bonds. The molecular weight excluding hydrogens is 346 g/mol. The minimum atomic E-state index is -0.264. The Morgan fingerprint density at radius 1 is 1.27 bits per heavy atom. The molecule has 2 N–H and O–H groups in total. The number of anilines is 1. The molecule has 0 radical (unpaired) electrons. The van der Waals surface area contributed by atoms with Gasteiger partial charge in [0.15, 0.2) is 11.5 Å². The lowest BCUT2D eigenvalue weighted by Gasteiger charge is -2.11. The van der Waals surface area contributed by atoms with Gasteiger partial charge >= 0.3 is 0 Å². The number of benzene rings is 2. The van der Waals surface area contributed by atoms with Crippen LogP contribution in [0.3, 0.4) is 0 Å². The molecule has 116 valence electrons. The highest BCUT2D eigenvalue weighted by Gasteiger charge is 2.14. The molecule has 5 heteroatoms. The van der Waals surface area contributed by atoms with Crippen molar-refractivity contribution in [2.24, 2.45) is 0 Å². The Labute approximate surface area is 138 Å². The van der Waals surface area contributed by atoms with E-state index in [1.54, 1.807) is 6.07 Å². The van der Waals surface area contributed by atoms with Gasteiger partial charge in [-0.3, -0.25) is 4.79 Å². The maximum atomic E-state index is 12.4. The average Bonchev–Trinajstić information content (AvgIpc) is 2.50. The number of amides is 1. The first kappa shape index (κ1) is 16.4. The highest BCUT2D eigenvalue weighted by Crippen LogP contribution is 2.35. The molecule has 0 atom stereocenters. The first-order valence-corrected chi connectivity index (χ1v) is 7.69. The van der Waals surface area contributed by atoms with E-state index < -0.39 is 0 Å². The molecule has 0 unspecified atom stereocenters. The summed E-state index contributed by atoms with van der Waals surface area (Å²) in [6, 6.07) is 10.8. The molecule has 2 aromatic carbocycles. The van der Waals surface area contributed by atoms with Crippen LogP contribution in [-0.4, -0.2) is 18.1 Å². The van der Waals surface area contributed by atoms with E-state index in [-0.39, 0.29) is 17.4 Å².